The van der Waals surface area contributed by atoms with Gasteiger partial charge in [0.2, 0.25) is 17.7 Å². The first-order chi connectivity index (χ1) is 17.4. The Morgan fingerprint density at radius 3 is 2.47 bits per heavy atom. The Morgan fingerprint density at radius 2 is 1.81 bits per heavy atom. The van der Waals surface area contributed by atoms with Gasteiger partial charge >= 0.3 is 0 Å². The van der Waals surface area contributed by atoms with Gasteiger partial charge in [-0.25, -0.2) is 9.37 Å². The number of carbonyl (C=O) groups is 3. The summed E-state index contributed by atoms with van der Waals surface area (Å²) in [6.45, 7) is 8.23. The van der Waals surface area contributed by atoms with Gasteiger partial charge in [-0.2, -0.15) is 0 Å². The number of piperazine rings is 1. The van der Waals surface area contributed by atoms with Crippen LogP contribution in [0.1, 0.15) is 30.5 Å². The molecule has 9 heteroatoms. The zero-order valence-corrected chi connectivity index (χ0v) is 20.7. The van der Waals surface area contributed by atoms with Crippen LogP contribution >= 0.6 is 0 Å². The molecule has 1 fully saturated rings. The number of amides is 3. The van der Waals surface area contributed by atoms with E-state index in [1.807, 2.05) is 25.1 Å². The van der Waals surface area contributed by atoms with Crippen molar-refractivity contribution in [2.45, 2.75) is 38.6 Å². The van der Waals surface area contributed by atoms with E-state index >= 15 is 0 Å². The fourth-order valence-corrected chi connectivity index (χ4v) is 4.13. The molecule has 0 saturated carbocycles. The van der Waals surface area contributed by atoms with Gasteiger partial charge in [-0.15, -0.1) is 0 Å². The van der Waals surface area contributed by atoms with Crippen molar-refractivity contribution in [3.63, 3.8) is 0 Å². The lowest BCUT2D eigenvalue weighted by molar-refractivity contribution is -0.136. The molecule has 8 nitrogen and oxygen atoms in total. The van der Waals surface area contributed by atoms with Crippen molar-refractivity contribution in [3.05, 3.63) is 72.2 Å². The average Bonchev–Trinajstić information content (AvgIpc) is 2.88. The summed E-state index contributed by atoms with van der Waals surface area (Å²) in [6, 6.07) is 11.0. The van der Waals surface area contributed by atoms with Crippen LogP contribution in [0.25, 0.3) is 0 Å². The zero-order valence-electron chi connectivity index (χ0n) is 20.7. The van der Waals surface area contributed by atoms with Gasteiger partial charge in [0.15, 0.2) is 0 Å². The minimum absolute atomic E-state index is 0.0618. The van der Waals surface area contributed by atoms with Crippen molar-refractivity contribution in [3.8, 4) is 0 Å². The van der Waals surface area contributed by atoms with Crippen LogP contribution in [0.2, 0.25) is 0 Å². The van der Waals surface area contributed by atoms with Gasteiger partial charge in [0.25, 0.3) is 0 Å². The van der Waals surface area contributed by atoms with Gasteiger partial charge in [-0.1, -0.05) is 24.8 Å². The Morgan fingerprint density at radius 1 is 1.08 bits per heavy atom. The molecule has 1 saturated heterocycles. The molecule has 0 radical (unpaired) electrons. The van der Waals surface area contributed by atoms with Crippen LogP contribution in [0.5, 0.6) is 0 Å². The molecule has 0 spiro atoms. The lowest BCUT2D eigenvalue weighted by Crippen LogP contribution is -2.55. The maximum Gasteiger partial charge on any atom is 0.245 e. The van der Waals surface area contributed by atoms with E-state index in [9.17, 15) is 18.8 Å². The quantitative estimate of drug-likeness (QED) is 0.369. The number of nitrogens with zero attached hydrogens (tertiary/aromatic N) is 3. The molecule has 1 atom stereocenters. The van der Waals surface area contributed by atoms with Gasteiger partial charge in [0, 0.05) is 38.4 Å². The van der Waals surface area contributed by atoms with Crippen LogP contribution in [0.3, 0.4) is 0 Å². The summed E-state index contributed by atoms with van der Waals surface area (Å²) in [5.74, 6) is -0.114. The zero-order chi connectivity index (χ0) is 25.9. The van der Waals surface area contributed by atoms with Gasteiger partial charge < -0.3 is 20.4 Å². The number of pyridine rings is 1. The highest BCUT2D eigenvalue weighted by atomic mass is 19.1. The Labute approximate surface area is 211 Å². The predicted octanol–water partition coefficient (Wildman–Crippen LogP) is 2.38. The summed E-state index contributed by atoms with van der Waals surface area (Å²) in [5.41, 5.74) is 1.62. The topological polar surface area (TPSA) is 94.6 Å². The van der Waals surface area contributed by atoms with Crippen molar-refractivity contribution >= 4 is 23.5 Å². The van der Waals surface area contributed by atoms with E-state index in [1.165, 1.54) is 18.2 Å². The van der Waals surface area contributed by atoms with E-state index in [0.717, 1.165) is 11.5 Å². The second-order valence-electron chi connectivity index (χ2n) is 8.86. The van der Waals surface area contributed by atoms with E-state index in [-0.39, 0.29) is 30.0 Å². The predicted molar refractivity (Wildman–Crippen MR) is 137 cm³/mol. The molecule has 1 aliphatic rings. The third-order valence-electron chi connectivity index (χ3n) is 6.10. The molecule has 1 aliphatic heterocycles. The number of benzene rings is 1. The Balaban J connectivity index is 1.58. The normalized spacial score (nSPS) is 14.2. The first kappa shape index (κ1) is 26.8. The van der Waals surface area contributed by atoms with Crippen LogP contribution in [-0.2, 0) is 20.8 Å². The standard InChI is InChI=1S/C27H34FN5O3/c1-3-25(34)29-14-5-4-8-23(31-26(35)19-21-10-12-22(28)13-11-21)27(36)33-17-15-32(16-18-33)24-9-6-7-20(2)30-24/h3,6-7,9-13,23H,1,4-5,8,14-19H2,2H3,(H,29,34)(H,31,35). The van der Waals surface area contributed by atoms with E-state index in [2.05, 4.69) is 27.1 Å². The molecule has 3 amide bonds. The van der Waals surface area contributed by atoms with Crippen LogP contribution in [-0.4, -0.2) is 66.4 Å². The number of aryl methyl sites for hydroxylation is 1. The Kier molecular flexibility index (Phi) is 9.97. The van der Waals surface area contributed by atoms with Crippen molar-refractivity contribution in [2.75, 3.05) is 37.6 Å². The summed E-state index contributed by atoms with van der Waals surface area (Å²) in [4.78, 5) is 46.0. The highest BCUT2D eigenvalue weighted by molar-refractivity contribution is 5.88. The van der Waals surface area contributed by atoms with Gasteiger partial charge in [-0.05, 0) is 62.1 Å². The summed E-state index contributed by atoms with van der Waals surface area (Å²) in [7, 11) is 0. The van der Waals surface area contributed by atoms with E-state index in [1.54, 1.807) is 17.0 Å². The van der Waals surface area contributed by atoms with Crippen LogP contribution in [0.4, 0.5) is 10.2 Å². The Bertz CT molecular complexity index is 1050. The molecule has 3 rings (SSSR count). The smallest absolute Gasteiger partial charge is 0.245 e. The van der Waals surface area contributed by atoms with E-state index < -0.39 is 6.04 Å². The average molecular weight is 496 g/mol. The summed E-state index contributed by atoms with van der Waals surface area (Å²) in [6.07, 6.45) is 3.06. The van der Waals surface area contributed by atoms with E-state index in [0.29, 0.717) is 57.5 Å². The highest BCUT2D eigenvalue weighted by Crippen LogP contribution is 2.16. The number of halogens is 1. The molecule has 2 N–H and O–H groups in total. The SMILES string of the molecule is C=CC(=O)NCCCCC(NC(=O)Cc1ccc(F)cc1)C(=O)N1CCN(c2cccc(C)n2)CC1. The summed E-state index contributed by atoms with van der Waals surface area (Å²) in [5, 5.41) is 5.60. The van der Waals surface area contributed by atoms with Crippen LogP contribution in [0.15, 0.2) is 55.1 Å². The third-order valence-corrected chi connectivity index (χ3v) is 6.10. The molecule has 36 heavy (non-hydrogen) atoms. The second kappa shape index (κ2) is 13.4. The lowest BCUT2D eigenvalue weighted by atomic mass is 10.1. The minimum atomic E-state index is -0.670. The van der Waals surface area contributed by atoms with Crippen molar-refractivity contribution in [1.82, 2.24) is 20.5 Å². The molecule has 0 bridgehead atoms. The number of hydrogen-bond donors (Lipinski definition) is 2. The van der Waals surface area contributed by atoms with E-state index in [4.69, 9.17) is 0 Å². The number of hydrogen-bond acceptors (Lipinski definition) is 5. The molecule has 1 aromatic heterocycles. The molecule has 2 heterocycles. The molecular formula is C27H34FN5O3. The molecule has 1 unspecified atom stereocenters. The second-order valence-corrected chi connectivity index (χ2v) is 8.86. The summed E-state index contributed by atoms with van der Waals surface area (Å²) >= 11 is 0. The molecule has 2 aromatic rings. The monoisotopic (exact) mass is 495 g/mol. The maximum atomic E-state index is 13.4. The van der Waals surface area contributed by atoms with Gasteiger partial charge in [0.1, 0.15) is 17.7 Å². The number of rotatable bonds is 11. The van der Waals surface area contributed by atoms with Crippen LogP contribution in [0, 0.1) is 12.7 Å². The first-order valence-corrected chi connectivity index (χ1v) is 12.3. The fraction of sp³-hybridized carbons (Fsp3) is 0.407. The number of anilines is 1. The lowest BCUT2D eigenvalue weighted by Gasteiger charge is -2.37. The molecule has 0 aliphatic carbocycles. The largest absolute Gasteiger partial charge is 0.353 e. The number of aromatic nitrogens is 1. The third kappa shape index (κ3) is 8.18. The highest BCUT2D eigenvalue weighted by Gasteiger charge is 2.28. The summed E-state index contributed by atoms with van der Waals surface area (Å²) < 4.78 is 13.2. The van der Waals surface area contributed by atoms with Crippen molar-refractivity contribution < 1.29 is 18.8 Å². The fourth-order valence-electron chi connectivity index (χ4n) is 4.13. The van der Waals surface area contributed by atoms with Crippen molar-refractivity contribution in [1.29, 1.82) is 0 Å². The Hall–Kier alpha value is -3.75. The number of carbonyl (C=O) groups excluding carboxylic acids is 3. The molecule has 192 valence electrons. The maximum absolute atomic E-state index is 13.4. The molecular weight excluding hydrogens is 461 g/mol. The van der Waals surface area contributed by atoms with Gasteiger partial charge in [-0.3, -0.25) is 14.4 Å². The van der Waals surface area contributed by atoms with Crippen molar-refractivity contribution in [2.24, 2.45) is 0 Å². The minimum Gasteiger partial charge on any atom is -0.353 e. The first-order valence-electron chi connectivity index (χ1n) is 12.3. The van der Waals surface area contributed by atoms with Crippen LogP contribution < -0.4 is 15.5 Å². The van der Waals surface area contributed by atoms with Gasteiger partial charge in [0.05, 0.1) is 6.42 Å². The number of nitrogens with one attached hydrogen (secondary N) is 2. The molecule has 1 aromatic carbocycles. The number of unbranched alkanes of at least 4 members (excludes halogenated alkanes) is 1.